The van der Waals surface area contributed by atoms with Gasteiger partial charge in [0.15, 0.2) is 5.79 Å². The Labute approximate surface area is 134 Å². The summed E-state index contributed by atoms with van der Waals surface area (Å²) in [5.74, 6) is -0.540. The van der Waals surface area contributed by atoms with E-state index in [1.807, 2.05) is 37.3 Å². The van der Waals surface area contributed by atoms with Gasteiger partial charge in [-0.3, -0.25) is 0 Å². The van der Waals surface area contributed by atoms with Crippen molar-refractivity contribution >= 4 is 10.8 Å². The third kappa shape index (κ3) is 3.75. The van der Waals surface area contributed by atoms with Gasteiger partial charge in [0.25, 0.3) is 0 Å². The first kappa shape index (κ1) is 15.7. The second-order valence-electron chi connectivity index (χ2n) is 5.85. The van der Waals surface area contributed by atoms with E-state index in [0.29, 0.717) is 6.61 Å². The van der Waals surface area contributed by atoms with Crippen LogP contribution in [0.15, 0.2) is 52.3 Å². The summed E-state index contributed by atoms with van der Waals surface area (Å²) in [4.78, 5) is 0.832. The van der Waals surface area contributed by atoms with Crippen LogP contribution >= 0.6 is 0 Å². The van der Waals surface area contributed by atoms with Gasteiger partial charge in [-0.1, -0.05) is 17.7 Å². The molecule has 0 bridgehead atoms. The van der Waals surface area contributed by atoms with E-state index < -0.39 is 16.6 Å². The standard InChI is InChI=1S/C18H22O3S/c1-15-4-6-17(7-5-15)22(19)13-9-16-8-12-21-18(14-16)10-2-3-11-20-18/h4-7,9,13-14H,2-3,8,10-12H2,1H3/b13-9-/t18-,22?/m0/s1. The minimum absolute atomic E-state index is 0.540. The molecule has 0 radical (unpaired) electrons. The lowest BCUT2D eigenvalue weighted by atomic mass is 9.99. The first-order valence-corrected chi connectivity index (χ1v) is 9.03. The minimum Gasteiger partial charge on any atom is -0.346 e. The number of ether oxygens (including phenoxy) is 2. The molecule has 1 spiro atoms. The van der Waals surface area contributed by atoms with Crippen molar-refractivity contribution in [3.63, 3.8) is 0 Å². The van der Waals surface area contributed by atoms with E-state index in [1.165, 1.54) is 5.56 Å². The van der Waals surface area contributed by atoms with Crippen molar-refractivity contribution in [2.45, 2.75) is 43.3 Å². The van der Waals surface area contributed by atoms with Crippen LogP contribution in [0, 0.1) is 6.92 Å². The maximum Gasteiger partial charge on any atom is 0.188 e. The molecule has 2 heterocycles. The van der Waals surface area contributed by atoms with E-state index in [2.05, 4.69) is 6.08 Å². The minimum atomic E-state index is -1.11. The van der Waals surface area contributed by atoms with Gasteiger partial charge in [-0.15, -0.1) is 0 Å². The van der Waals surface area contributed by atoms with Crippen LogP contribution in [0.3, 0.4) is 0 Å². The summed E-state index contributed by atoms with van der Waals surface area (Å²) in [7, 11) is -1.11. The predicted molar refractivity (Wildman–Crippen MR) is 87.9 cm³/mol. The number of hydrogen-bond donors (Lipinski definition) is 0. The van der Waals surface area contributed by atoms with E-state index in [4.69, 9.17) is 9.47 Å². The predicted octanol–water partition coefficient (Wildman–Crippen LogP) is 3.86. The summed E-state index contributed by atoms with van der Waals surface area (Å²) < 4.78 is 24.0. The van der Waals surface area contributed by atoms with Crippen LogP contribution in [0.1, 0.15) is 31.2 Å². The van der Waals surface area contributed by atoms with E-state index >= 15 is 0 Å². The third-order valence-electron chi connectivity index (χ3n) is 4.07. The topological polar surface area (TPSA) is 35.5 Å². The van der Waals surface area contributed by atoms with Crippen LogP contribution in [0.25, 0.3) is 0 Å². The molecule has 3 rings (SSSR count). The number of aryl methyl sites for hydroxylation is 1. The van der Waals surface area contributed by atoms with E-state index in [-0.39, 0.29) is 0 Å². The summed E-state index contributed by atoms with van der Waals surface area (Å²) in [6.07, 6.45) is 8.00. The van der Waals surface area contributed by atoms with Gasteiger partial charge in [-0.05, 0) is 56.0 Å². The Balaban J connectivity index is 1.71. The Morgan fingerprint density at radius 3 is 2.64 bits per heavy atom. The highest BCUT2D eigenvalue weighted by Crippen LogP contribution is 2.33. The molecule has 2 aliphatic rings. The van der Waals surface area contributed by atoms with Crippen LogP contribution in [-0.2, 0) is 20.3 Å². The molecule has 0 saturated carbocycles. The summed E-state index contributed by atoms with van der Waals surface area (Å²) in [6, 6.07) is 7.80. The van der Waals surface area contributed by atoms with E-state index in [0.717, 1.165) is 42.8 Å². The lowest BCUT2D eigenvalue weighted by Crippen LogP contribution is -2.39. The number of benzene rings is 1. The molecule has 1 aromatic rings. The lowest BCUT2D eigenvalue weighted by Gasteiger charge is -2.37. The Morgan fingerprint density at radius 1 is 1.14 bits per heavy atom. The summed E-state index contributed by atoms with van der Waals surface area (Å²) in [5, 5.41) is 1.76. The van der Waals surface area contributed by atoms with Crippen molar-refractivity contribution in [3.05, 3.63) is 53.0 Å². The van der Waals surface area contributed by atoms with Crippen molar-refractivity contribution < 1.29 is 13.7 Å². The molecule has 0 aromatic heterocycles. The molecular weight excluding hydrogens is 296 g/mol. The monoisotopic (exact) mass is 318 g/mol. The van der Waals surface area contributed by atoms with Gasteiger partial charge in [-0.25, -0.2) is 4.21 Å². The van der Waals surface area contributed by atoms with Gasteiger partial charge in [0.1, 0.15) is 0 Å². The van der Waals surface area contributed by atoms with Gasteiger partial charge >= 0.3 is 0 Å². The van der Waals surface area contributed by atoms with Gasteiger partial charge < -0.3 is 9.47 Å². The van der Waals surface area contributed by atoms with Crippen molar-refractivity contribution in [2.75, 3.05) is 13.2 Å². The highest BCUT2D eigenvalue weighted by molar-refractivity contribution is 7.88. The molecule has 0 N–H and O–H groups in total. The molecule has 2 aliphatic heterocycles. The quantitative estimate of drug-likeness (QED) is 0.849. The van der Waals surface area contributed by atoms with Crippen LogP contribution in [-0.4, -0.2) is 23.2 Å². The van der Waals surface area contributed by atoms with Crippen molar-refractivity contribution in [1.29, 1.82) is 0 Å². The fraction of sp³-hybridized carbons (Fsp3) is 0.444. The molecule has 0 aliphatic carbocycles. The molecule has 4 heteroatoms. The van der Waals surface area contributed by atoms with E-state index in [9.17, 15) is 4.21 Å². The summed E-state index contributed by atoms with van der Waals surface area (Å²) >= 11 is 0. The highest BCUT2D eigenvalue weighted by atomic mass is 32.2. The summed E-state index contributed by atoms with van der Waals surface area (Å²) in [6.45, 7) is 3.44. The molecule has 0 amide bonds. The zero-order valence-corrected chi connectivity index (χ0v) is 13.7. The van der Waals surface area contributed by atoms with Crippen molar-refractivity contribution in [3.8, 4) is 0 Å². The van der Waals surface area contributed by atoms with Crippen molar-refractivity contribution in [1.82, 2.24) is 0 Å². The van der Waals surface area contributed by atoms with Crippen LogP contribution in [0.2, 0.25) is 0 Å². The Hall–Kier alpha value is -1.23. The van der Waals surface area contributed by atoms with Crippen LogP contribution in [0.5, 0.6) is 0 Å². The van der Waals surface area contributed by atoms with Crippen LogP contribution in [0.4, 0.5) is 0 Å². The van der Waals surface area contributed by atoms with Crippen LogP contribution < -0.4 is 0 Å². The molecule has 1 aromatic carbocycles. The molecule has 118 valence electrons. The van der Waals surface area contributed by atoms with E-state index in [1.54, 1.807) is 5.41 Å². The smallest absolute Gasteiger partial charge is 0.188 e. The molecule has 22 heavy (non-hydrogen) atoms. The average Bonchev–Trinajstić information content (AvgIpc) is 2.54. The fourth-order valence-corrected chi connectivity index (χ4v) is 3.65. The molecule has 1 saturated heterocycles. The molecule has 3 nitrogen and oxygen atoms in total. The Kier molecular flexibility index (Phi) is 4.91. The maximum atomic E-state index is 12.3. The zero-order chi connectivity index (χ0) is 15.4. The maximum absolute atomic E-state index is 12.3. The summed E-state index contributed by atoms with van der Waals surface area (Å²) in [5.41, 5.74) is 2.32. The molecule has 2 atom stereocenters. The molecule has 1 unspecified atom stereocenters. The van der Waals surface area contributed by atoms with Gasteiger partial charge in [0.05, 0.1) is 24.0 Å². The fourth-order valence-electron chi connectivity index (χ4n) is 2.79. The second-order valence-corrected chi connectivity index (χ2v) is 7.19. The molecule has 1 fully saturated rings. The number of allylic oxidation sites excluding steroid dienone is 1. The zero-order valence-electron chi connectivity index (χ0n) is 12.9. The van der Waals surface area contributed by atoms with Crippen molar-refractivity contribution in [2.24, 2.45) is 0 Å². The molecular formula is C18H22O3S. The number of rotatable bonds is 3. The number of hydrogen-bond acceptors (Lipinski definition) is 3. The second kappa shape index (κ2) is 6.90. The average molecular weight is 318 g/mol. The largest absolute Gasteiger partial charge is 0.346 e. The lowest BCUT2D eigenvalue weighted by molar-refractivity contribution is -0.227. The Morgan fingerprint density at radius 2 is 1.91 bits per heavy atom. The van der Waals surface area contributed by atoms with Gasteiger partial charge in [-0.2, -0.15) is 0 Å². The Bertz CT molecular complexity index is 595. The normalized spacial score (nSPS) is 27.0. The van der Waals surface area contributed by atoms with Gasteiger partial charge in [0, 0.05) is 16.7 Å². The third-order valence-corrected chi connectivity index (χ3v) is 5.19. The SMILES string of the molecule is Cc1ccc(S(=O)/C=C\C2=C[C@]3(CCCCO3)OCC2)cc1. The first-order chi connectivity index (χ1) is 10.7. The highest BCUT2D eigenvalue weighted by Gasteiger charge is 2.34. The van der Waals surface area contributed by atoms with Gasteiger partial charge in [0.2, 0.25) is 0 Å². The first-order valence-electron chi connectivity index (χ1n) is 7.82.